The topological polar surface area (TPSA) is 41.1 Å². The molecule has 4 heteroatoms. The van der Waals surface area contributed by atoms with Crippen molar-refractivity contribution in [2.75, 3.05) is 5.32 Å². The molecule has 1 heterocycles. The molecule has 0 radical (unpaired) electrons. The van der Waals surface area contributed by atoms with Crippen LogP contribution in [0.4, 0.5) is 5.69 Å². The summed E-state index contributed by atoms with van der Waals surface area (Å²) in [5, 5.41) is 8.38. The second kappa shape index (κ2) is 7.38. The summed E-state index contributed by atoms with van der Waals surface area (Å²) in [5.74, 6) is -0.0298. The highest BCUT2D eigenvalue weighted by Crippen LogP contribution is 2.23. The molecule has 0 spiro atoms. The standard InChI is InChI=1S/C17H22N2OS/c1-4-14-5-7-15(8-6-14)12(2)18-11-17-16(9-10-21-17)19-13(3)20/h5-10,12,18H,4,11H2,1-3H3,(H,19,20). The van der Waals surface area contributed by atoms with Crippen LogP contribution in [0.3, 0.4) is 0 Å². The molecule has 0 saturated carbocycles. The van der Waals surface area contributed by atoms with E-state index in [0.29, 0.717) is 0 Å². The molecule has 1 aromatic carbocycles. The molecule has 0 bridgehead atoms. The molecule has 1 aromatic heterocycles. The van der Waals surface area contributed by atoms with Gasteiger partial charge in [0.2, 0.25) is 5.91 Å². The maximum absolute atomic E-state index is 11.2. The summed E-state index contributed by atoms with van der Waals surface area (Å²) in [5.41, 5.74) is 3.55. The number of carbonyl (C=O) groups excluding carboxylic acids is 1. The van der Waals surface area contributed by atoms with Gasteiger partial charge in [-0.1, -0.05) is 31.2 Å². The van der Waals surface area contributed by atoms with Crippen LogP contribution in [0, 0.1) is 0 Å². The van der Waals surface area contributed by atoms with Crippen molar-refractivity contribution in [2.24, 2.45) is 0 Å². The van der Waals surface area contributed by atoms with Gasteiger partial charge in [0.25, 0.3) is 0 Å². The quantitative estimate of drug-likeness (QED) is 0.842. The Morgan fingerprint density at radius 2 is 1.95 bits per heavy atom. The molecule has 0 aliphatic heterocycles. The molecule has 1 amide bonds. The first-order chi connectivity index (χ1) is 10.1. The summed E-state index contributed by atoms with van der Waals surface area (Å²) in [4.78, 5) is 12.3. The fraction of sp³-hybridized carbons (Fsp3) is 0.353. The van der Waals surface area contributed by atoms with Crippen LogP contribution in [0.2, 0.25) is 0 Å². The Kier molecular flexibility index (Phi) is 5.53. The smallest absolute Gasteiger partial charge is 0.221 e. The maximum atomic E-state index is 11.2. The molecule has 1 atom stereocenters. The van der Waals surface area contributed by atoms with Gasteiger partial charge in [-0.05, 0) is 35.9 Å². The number of hydrogen-bond donors (Lipinski definition) is 2. The average molecular weight is 302 g/mol. The molecule has 3 nitrogen and oxygen atoms in total. The van der Waals surface area contributed by atoms with E-state index < -0.39 is 0 Å². The molecule has 0 aliphatic carbocycles. The van der Waals surface area contributed by atoms with Crippen LogP contribution < -0.4 is 10.6 Å². The zero-order valence-electron chi connectivity index (χ0n) is 12.8. The lowest BCUT2D eigenvalue weighted by atomic mass is 10.1. The van der Waals surface area contributed by atoms with E-state index in [-0.39, 0.29) is 11.9 Å². The van der Waals surface area contributed by atoms with Crippen LogP contribution >= 0.6 is 11.3 Å². The van der Waals surface area contributed by atoms with Gasteiger partial charge in [-0.2, -0.15) is 0 Å². The molecular formula is C17H22N2OS. The fourth-order valence-corrected chi connectivity index (χ4v) is 2.97. The Bertz CT molecular complexity index is 589. The lowest BCUT2D eigenvalue weighted by molar-refractivity contribution is -0.114. The third-order valence-corrected chi connectivity index (χ3v) is 4.43. The average Bonchev–Trinajstić information content (AvgIpc) is 2.91. The number of rotatable bonds is 6. The lowest BCUT2D eigenvalue weighted by Crippen LogP contribution is -2.18. The zero-order valence-corrected chi connectivity index (χ0v) is 13.6. The number of thiophene rings is 1. The van der Waals surface area contributed by atoms with E-state index in [1.807, 2.05) is 11.4 Å². The minimum absolute atomic E-state index is 0.0298. The molecule has 0 saturated heterocycles. The second-order valence-electron chi connectivity index (χ2n) is 5.14. The SMILES string of the molecule is CCc1ccc(C(C)NCc2sccc2NC(C)=O)cc1. The van der Waals surface area contributed by atoms with Crippen molar-refractivity contribution in [1.82, 2.24) is 5.32 Å². The number of carbonyl (C=O) groups is 1. The monoisotopic (exact) mass is 302 g/mol. The number of benzene rings is 1. The summed E-state index contributed by atoms with van der Waals surface area (Å²) in [6, 6.07) is 11.0. The second-order valence-corrected chi connectivity index (χ2v) is 6.14. The molecule has 112 valence electrons. The van der Waals surface area contributed by atoms with Crippen molar-refractivity contribution < 1.29 is 4.79 Å². The Balaban J connectivity index is 1.95. The predicted molar refractivity (Wildman–Crippen MR) is 89.7 cm³/mol. The largest absolute Gasteiger partial charge is 0.325 e. The number of hydrogen-bond acceptors (Lipinski definition) is 3. The molecule has 2 rings (SSSR count). The van der Waals surface area contributed by atoms with Gasteiger partial charge in [-0.3, -0.25) is 4.79 Å². The van der Waals surface area contributed by atoms with E-state index >= 15 is 0 Å². The van der Waals surface area contributed by atoms with E-state index in [1.54, 1.807) is 11.3 Å². The van der Waals surface area contributed by atoms with Gasteiger partial charge >= 0.3 is 0 Å². The molecule has 0 aliphatic rings. The predicted octanol–water partition coefficient (Wildman–Crippen LogP) is 4.12. The Hall–Kier alpha value is -1.65. The first-order valence-corrected chi connectivity index (χ1v) is 8.14. The highest BCUT2D eigenvalue weighted by Gasteiger charge is 2.09. The van der Waals surface area contributed by atoms with E-state index in [2.05, 4.69) is 48.7 Å². The summed E-state index contributed by atoms with van der Waals surface area (Å²) >= 11 is 1.66. The van der Waals surface area contributed by atoms with Crippen molar-refractivity contribution >= 4 is 22.9 Å². The summed E-state index contributed by atoms with van der Waals surface area (Å²) in [7, 11) is 0. The summed E-state index contributed by atoms with van der Waals surface area (Å²) < 4.78 is 0. The molecule has 1 unspecified atom stereocenters. The summed E-state index contributed by atoms with van der Waals surface area (Å²) in [6.07, 6.45) is 1.07. The van der Waals surface area contributed by atoms with Crippen molar-refractivity contribution in [3.8, 4) is 0 Å². The molecule has 2 aromatic rings. The van der Waals surface area contributed by atoms with Crippen molar-refractivity contribution in [2.45, 2.75) is 39.8 Å². The molecule has 21 heavy (non-hydrogen) atoms. The highest BCUT2D eigenvalue weighted by atomic mass is 32.1. The first-order valence-electron chi connectivity index (χ1n) is 7.26. The van der Waals surface area contributed by atoms with Crippen LogP contribution in [0.25, 0.3) is 0 Å². The van der Waals surface area contributed by atoms with Gasteiger partial charge in [-0.25, -0.2) is 0 Å². The fourth-order valence-electron chi connectivity index (χ4n) is 2.18. The molecular weight excluding hydrogens is 280 g/mol. The van der Waals surface area contributed by atoms with E-state index in [0.717, 1.165) is 23.5 Å². The van der Waals surface area contributed by atoms with Gasteiger partial charge in [0.15, 0.2) is 0 Å². The van der Waals surface area contributed by atoms with Gasteiger partial charge in [0.1, 0.15) is 0 Å². The maximum Gasteiger partial charge on any atom is 0.221 e. The Morgan fingerprint density at radius 3 is 2.57 bits per heavy atom. The first kappa shape index (κ1) is 15.7. The molecule has 2 N–H and O–H groups in total. The number of aryl methyl sites for hydroxylation is 1. The third-order valence-electron chi connectivity index (χ3n) is 3.51. The van der Waals surface area contributed by atoms with E-state index in [4.69, 9.17) is 0 Å². The van der Waals surface area contributed by atoms with Gasteiger partial charge < -0.3 is 10.6 Å². The van der Waals surface area contributed by atoms with Crippen molar-refractivity contribution in [1.29, 1.82) is 0 Å². The van der Waals surface area contributed by atoms with Gasteiger partial charge in [-0.15, -0.1) is 11.3 Å². The van der Waals surface area contributed by atoms with Crippen molar-refractivity contribution in [3.05, 3.63) is 51.7 Å². The van der Waals surface area contributed by atoms with Gasteiger partial charge in [0, 0.05) is 24.4 Å². The molecule has 0 fully saturated rings. The number of nitrogens with one attached hydrogen (secondary N) is 2. The number of amides is 1. The van der Waals surface area contributed by atoms with Crippen LogP contribution in [-0.2, 0) is 17.8 Å². The van der Waals surface area contributed by atoms with Crippen LogP contribution in [0.5, 0.6) is 0 Å². The minimum atomic E-state index is -0.0298. The zero-order chi connectivity index (χ0) is 15.2. The van der Waals surface area contributed by atoms with E-state index in [9.17, 15) is 4.79 Å². The highest BCUT2D eigenvalue weighted by molar-refractivity contribution is 7.10. The minimum Gasteiger partial charge on any atom is -0.325 e. The lowest BCUT2D eigenvalue weighted by Gasteiger charge is -2.15. The van der Waals surface area contributed by atoms with Crippen LogP contribution in [-0.4, -0.2) is 5.91 Å². The van der Waals surface area contributed by atoms with Crippen molar-refractivity contribution in [3.63, 3.8) is 0 Å². The van der Waals surface area contributed by atoms with Crippen LogP contribution in [0.1, 0.15) is 42.8 Å². The Labute approximate surface area is 130 Å². The van der Waals surface area contributed by atoms with Gasteiger partial charge in [0.05, 0.1) is 5.69 Å². The number of anilines is 1. The Morgan fingerprint density at radius 1 is 1.24 bits per heavy atom. The summed E-state index contributed by atoms with van der Waals surface area (Å²) in [6.45, 7) is 6.61. The normalized spacial score (nSPS) is 12.1. The van der Waals surface area contributed by atoms with Crippen LogP contribution in [0.15, 0.2) is 35.7 Å². The van der Waals surface area contributed by atoms with E-state index in [1.165, 1.54) is 18.1 Å². The third kappa shape index (κ3) is 4.41.